The van der Waals surface area contributed by atoms with Crippen molar-refractivity contribution in [1.29, 1.82) is 0 Å². The van der Waals surface area contributed by atoms with Gasteiger partial charge in [-0.25, -0.2) is 4.98 Å². The molecule has 1 aliphatic carbocycles. The van der Waals surface area contributed by atoms with Crippen molar-refractivity contribution >= 4 is 16.9 Å². The fourth-order valence-electron chi connectivity index (χ4n) is 2.83. The molecule has 0 unspecified atom stereocenters. The van der Waals surface area contributed by atoms with Gasteiger partial charge in [0.05, 0.1) is 16.6 Å². The molecule has 0 atom stereocenters. The second-order valence-electron chi connectivity index (χ2n) is 5.57. The number of nitrogens with one attached hydrogen (secondary N) is 2. The number of fused-ring (bicyclic) bond motifs is 1. The van der Waals surface area contributed by atoms with Gasteiger partial charge in [0.25, 0.3) is 0 Å². The van der Waals surface area contributed by atoms with Crippen LogP contribution in [0.1, 0.15) is 31.5 Å². The van der Waals surface area contributed by atoms with Gasteiger partial charge in [0.2, 0.25) is 5.91 Å². The van der Waals surface area contributed by atoms with Crippen molar-refractivity contribution < 1.29 is 4.79 Å². The minimum absolute atomic E-state index is 0.0221. The number of nitrogens with zero attached hydrogens (tertiary/aromatic N) is 1. The van der Waals surface area contributed by atoms with Gasteiger partial charge < -0.3 is 16.0 Å². The van der Waals surface area contributed by atoms with Crippen LogP contribution >= 0.6 is 0 Å². The first kappa shape index (κ1) is 13.1. The topological polar surface area (TPSA) is 83.8 Å². The molecule has 0 bridgehead atoms. The molecule has 1 amide bonds. The molecule has 0 saturated heterocycles. The zero-order valence-corrected chi connectivity index (χ0v) is 11.5. The van der Waals surface area contributed by atoms with Gasteiger partial charge in [-0.1, -0.05) is 25.0 Å². The van der Waals surface area contributed by atoms with E-state index in [-0.39, 0.29) is 5.91 Å². The zero-order valence-electron chi connectivity index (χ0n) is 11.5. The molecule has 1 aromatic heterocycles. The lowest BCUT2D eigenvalue weighted by molar-refractivity contribution is -0.126. The van der Waals surface area contributed by atoms with Crippen molar-refractivity contribution in [3.8, 4) is 0 Å². The van der Waals surface area contributed by atoms with Crippen LogP contribution in [0.5, 0.6) is 0 Å². The fourth-order valence-corrected chi connectivity index (χ4v) is 2.83. The molecule has 3 rings (SSSR count). The van der Waals surface area contributed by atoms with Gasteiger partial charge >= 0.3 is 0 Å². The summed E-state index contributed by atoms with van der Waals surface area (Å²) in [5, 5.41) is 2.93. The van der Waals surface area contributed by atoms with E-state index in [1.165, 1.54) is 0 Å². The lowest BCUT2D eigenvalue weighted by atomic mass is 9.98. The summed E-state index contributed by atoms with van der Waals surface area (Å²) in [6, 6.07) is 7.91. The number of para-hydroxylation sites is 2. The van der Waals surface area contributed by atoms with Crippen LogP contribution in [0.2, 0.25) is 0 Å². The molecule has 1 saturated carbocycles. The quantitative estimate of drug-likeness (QED) is 0.788. The van der Waals surface area contributed by atoms with Crippen LogP contribution in [-0.2, 0) is 11.2 Å². The molecular weight excluding hydrogens is 252 g/mol. The van der Waals surface area contributed by atoms with Crippen molar-refractivity contribution in [2.24, 2.45) is 5.73 Å². The molecular formula is C15H20N4O. The number of amides is 1. The van der Waals surface area contributed by atoms with E-state index in [1.807, 2.05) is 24.3 Å². The molecule has 0 spiro atoms. The smallest absolute Gasteiger partial charge is 0.240 e. The molecule has 0 radical (unpaired) electrons. The highest BCUT2D eigenvalue weighted by atomic mass is 16.2. The Hall–Kier alpha value is -1.88. The van der Waals surface area contributed by atoms with E-state index in [0.717, 1.165) is 42.5 Å². The number of hydrogen-bond donors (Lipinski definition) is 3. The molecule has 1 heterocycles. The number of hydrogen-bond acceptors (Lipinski definition) is 3. The maximum atomic E-state index is 12.1. The molecule has 1 fully saturated rings. The van der Waals surface area contributed by atoms with E-state index < -0.39 is 5.54 Å². The molecule has 0 aliphatic heterocycles. The van der Waals surface area contributed by atoms with Crippen LogP contribution in [0.3, 0.4) is 0 Å². The first-order valence-corrected chi connectivity index (χ1v) is 7.18. The Balaban J connectivity index is 1.56. The summed E-state index contributed by atoms with van der Waals surface area (Å²) < 4.78 is 0. The normalized spacial score (nSPS) is 17.4. The summed E-state index contributed by atoms with van der Waals surface area (Å²) in [6.07, 6.45) is 4.38. The Morgan fingerprint density at radius 1 is 1.35 bits per heavy atom. The third-order valence-corrected chi connectivity index (χ3v) is 4.03. The SMILES string of the molecule is NC1(C(=O)NCCc2nc3ccccc3[nH]2)CCCC1. The third kappa shape index (κ3) is 2.54. The number of H-pyrrole nitrogens is 1. The first-order valence-electron chi connectivity index (χ1n) is 7.18. The molecule has 1 aliphatic rings. The van der Waals surface area contributed by atoms with Gasteiger partial charge in [-0.3, -0.25) is 4.79 Å². The van der Waals surface area contributed by atoms with Crippen molar-refractivity contribution in [2.75, 3.05) is 6.54 Å². The minimum atomic E-state index is -0.645. The Kier molecular flexibility index (Phi) is 3.44. The number of imidazole rings is 1. The number of aromatic amines is 1. The first-order chi connectivity index (χ1) is 9.67. The number of benzene rings is 1. The van der Waals surface area contributed by atoms with E-state index in [9.17, 15) is 4.79 Å². The van der Waals surface area contributed by atoms with Gasteiger partial charge in [0.15, 0.2) is 0 Å². The molecule has 2 aromatic rings. The lowest BCUT2D eigenvalue weighted by Crippen LogP contribution is -2.52. The van der Waals surface area contributed by atoms with Gasteiger partial charge in [-0.15, -0.1) is 0 Å². The van der Waals surface area contributed by atoms with E-state index in [1.54, 1.807) is 0 Å². The maximum Gasteiger partial charge on any atom is 0.240 e. The lowest BCUT2D eigenvalue weighted by Gasteiger charge is -2.21. The molecule has 4 N–H and O–H groups in total. The molecule has 5 nitrogen and oxygen atoms in total. The van der Waals surface area contributed by atoms with Crippen molar-refractivity contribution in [1.82, 2.24) is 15.3 Å². The summed E-state index contributed by atoms with van der Waals surface area (Å²) in [6.45, 7) is 0.567. The van der Waals surface area contributed by atoms with Crippen molar-refractivity contribution in [3.63, 3.8) is 0 Å². The third-order valence-electron chi connectivity index (χ3n) is 4.03. The predicted octanol–water partition coefficient (Wildman–Crippen LogP) is 1.49. The summed E-state index contributed by atoms with van der Waals surface area (Å²) in [7, 11) is 0. The average Bonchev–Trinajstić information content (AvgIpc) is 3.05. The average molecular weight is 272 g/mol. The van der Waals surface area contributed by atoms with E-state index >= 15 is 0 Å². The number of rotatable bonds is 4. The summed E-state index contributed by atoms with van der Waals surface area (Å²) >= 11 is 0. The number of carbonyl (C=O) groups is 1. The van der Waals surface area contributed by atoms with E-state index in [0.29, 0.717) is 13.0 Å². The predicted molar refractivity (Wildman–Crippen MR) is 78.2 cm³/mol. The largest absolute Gasteiger partial charge is 0.354 e. The number of nitrogens with two attached hydrogens (primary N) is 1. The van der Waals surface area contributed by atoms with Gasteiger partial charge in [-0.2, -0.15) is 0 Å². The summed E-state index contributed by atoms with van der Waals surface area (Å²) in [4.78, 5) is 19.8. The highest BCUT2D eigenvalue weighted by Crippen LogP contribution is 2.27. The highest BCUT2D eigenvalue weighted by Gasteiger charge is 2.36. The fraction of sp³-hybridized carbons (Fsp3) is 0.467. The summed E-state index contributed by atoms with van der Waals surface area (Å²) in [5.41, 5.74) is 7.45. The van der Waals surface area contributed by atoms with Gasteiger partial charge in [-0.05, 0) is 25.0 Å². The number of carbonyl (C=O) groups excluding carboxylic acids is 1. The van der Waals surface area contributed by atoms with Crippen molar-refractivity contribution in [3.05, 3.63) is 30.1 Å². The Morgan fingerprint density at radius 3 is 2.85 bits per heavy atom. The molecule has 1 aromatic carbocycles. The van der Waals surface area contributed by atoms with Crippen LogP contribution in [0.15, 0.2) is 24.3 Å². The van der Waals surface area contributed by atoms with Gasteiger partial charge in [0, 0.05) is 13.0 Å². The van der Waals surface area contributed by atoms with Crippen LogP contribution in [0.25, 0.3) is 11.0 Å². The number of aromatic nitrogens is 2. The zero-order chi connectivity index (χ0) is 14.0. The summed E-state index contributed by atoms with van der Waals surface area (Å²) in [5.74, 6) is 0.870. The Bertz CT molecular complexity index is 580. The van der Waals surface area contributed by atoms with Crippen LogP contribution in [0, 0.1) is 0 Å². The van der Waals surface area contributed by atoms with Crippen LogP contribution < -0.4 is 11.1 Å². The van der Waals surface area contributed by atoms with Crippen molar-refractivity contribution in [2.45, 2.75) is 37.6 Å². The monoisotopic (exact) mass is 272 g/mol. The van der Waals surface area contributed by atoms with Gasteiger partial charge in [0.1, 0.15) is 5.82 Å². The molecule has 5 heteroatoms. The van der Waals surface area contributed by atoms with E-state index in [2.05, 4.69) is 15.3 Å². The van der Waals surface area contributed by atoms with Crippen LogP contribution in [-0.4, -0.2) is 28.0 Å². The maximum absolute atomic E-state index is 12.1. The Morgan fingerprint density at radius 2 is 2.10 bits per heavy atom. The second-order valence-corrected chi connectivity index (χ2v) is 5.57. The Labute approximate surface area is 118 Å². The standard InChI is InChI=1S/C15H20N4O/c16-15(8-3-4-9-15)14(20)17-10-7-13-18-11-5-1-2-6-12(11)19-13/h1-2,5-6H,3-4,7-10,16H2,(H,17,20)(H,18,19). The van der Waals surface area contributed by atoms with E-state index in [4.69, 9.17) is 5.73 Å². The molecule has 106 valence electrons. The minimum Gasteiger partial charge on any atom is -0.354 e. The second kappa shape index (κ2) is 5.25. The molecule has 20 heavy (non-hydrogen) atoms. The highest BCUT2D eigenvalue weighted by molar-refractivity contribution is 5.86. The van der Waals surface area contributed by atoms with Crippen LogP contribution in [0.4, 0.5) is 0 Å².